The van der Waals surface area contributed by atoms with E-state index in [1.165, 1.54) is 6.07 Å². The molecule has 0 amide bonds. The van der Waals surface area contributed by atoms with Crippen LogP contribution in [0.2, 0.25) is 0 Å². The smallest absolute Gasteiger partial charge is 0.342 e. The number of likely N-dealkylation sites (N-methyl/N-ethyl adjacent to an activating group) is 1. The van der Waals surface area contributed by atoms with Crippen molar-refractivity contribution in [3.05, 3.63) is 27.9 Å². The van der Waals surface area contributed by atoms with E-state index >= 15 is 0 Å². The Labute approximate surface area is 115 Å². The molecular weight excluding hydrogens is 264 g/mol. The third-order valence-electron chi connectivity index (χ3n) is 3.44. The number of nitro groups is 1. The van der Waals surface area contributed by atoms with Gasteiger partial charge in [0.1, 0.15) is 17.6 Å². The summed E-state index contributed by atoms with van der Waals surface area (Å²) in [5, 5.41) is 19.8. The lowest BCUT2D eigenvalue weighted by molar-refractivity contribution is -0.385. The van der Waals surface area contributed by atoms with Crippen molar-refractivity contribution in [3.8, 4) is 0 Å². The van der Waals surface area contributed by atoms with Crippen molar-refractivity contribution < 1.29 is 14.8 Å². The topological polar surface area (TPSA) is 99.8 Å². The average molecular weight is 280 g/mol. The maximum atomic E-state index is 11.1. The van der Waals surface area contributed by atoms with Crippen LogP contribution in [-0.4, -0.2) is 58.6 Å². The Morgan fingerprint density at radius 2 is 2.10 bits per heavy atom. The summed E-state index contributed by atoms with van der Waals surface area (Å²) in [5.74, 6) is -0.837. The minimum Gasteiger partial charge on any atom is -0.477 e. The van der Waals surface area contributed by atoms with E-state index in [1.807, 2.05) is 4.90 Å². The highest BCUT2D eigenvalue weighted by molar-refractivity contribution is 5.93. The maximum Gasteiger partial charge on any atom is 0.342 e. The molecule has 1 aromatic heterocycles. The minimum absolute atomic E-state index is 0.321. The van der Waals surface area contributed by atoms with Crippen molar-refractivity contribution in [1.82, 2.24) is 9.88 Å². The van der Waals surface area contributed by atoms with Gasteiger partial charge in [-0.1, -0.05) is 6.92 Å². The number of hydrogen-bond donors (Lipinski definition) is 1. The summed E-state index contributed by atoms with van der Waals surface area (Å²) in [5.41, 5.74) is -0.800. The second-order valence-corrected chi connectivity index (χ2v) is 4.54. The van der Waals surface area contributed by atoms with Crippen molar-refractivity contribution in [2.45, 2.75) is 6.92 Å². The zero-order valence-electron chi connectivity index (χ0n) is 11.2. The molecule has 0 atom stereocenters. The van der Waals surface area contributed by atoms with Crippen molar-refractivity contribution >= 4 is 17.5 Å². The minimum atomic E-state index is -1.31. The number of rotatable bonds is 4. The Morgan fingerprint density at radius 1 is 1.45 bits per heavy atom. The van der Waals surface area contributed by atoms with Crippen LogP contribution in [0.25, 0.3) is 0 Å². The summed E-state index contributed by atoms with van der Waals surface area (Å²) in [4.78, 5) is 29.4. The second kappa shape index (κ2) is 5.83. The molecule has 1 saturated heterocycles. The number of nitrogens with zero attached hydrogens (tertiary/aromatic N) is 4. The van der Waals surface area contributed by atoms with Crippen molar-refractivity contribution in [3.63, 3.8) is 0 Å². The summed E-state index contributed by atoms with van der Waals surface area (Å²) in [6.07, 6.45) is 1.02. The van der Waals surface area contributed by atoms with Crippen LogP contribution in [0.5, 0.6) is 0 Å². The molecule has 2 rings (SSSR count). The highest BCUT2D eigenvalue weighted by atomic mass is 16.6. The second-order valence-electron chi connectivity index (χ2n) is 4.54. The van der Waals surface area contributed by atoms with Crippen molar-refractivity contribution in [2.24, 2.45) is 0 Å². The summed E-state index contributed by atoms with van der Waals surface area (Å²) in [6.45, 7) is 6.27. The molecule has 0 bridgehead atoms. The van der Waals surface area contributed by atoms with Gasteiger partial charge in [-0.15, -0.1) is 0 Å². The van der Waals surface area contributed by atoms with Gasteiger partial charge < -0.3 is 14.9 Å². The highest BCUT2D eigenvalue weighted by Gasteiger charge is 2.24. The Kier molecular flexibility index (Phi) is 4.14. The van der Waals surface area contributed by atoms with Crippen LogP contribution >= 0.6 is 0 Å². The number of anilines is 1. The molecule has 1 aliphatic rings. The molecular formula is C12H16N4O4. The van der Waals surface area contributed by atoms with E-state index in [1.54, 1.807) is 0 Å². The monoisotopic (exact) mass is 280 g/mol. The molecule has 1 aliphatic heterocycles. The van der Waals surface area contributed by atoms with Crippen molar-refractivity contribution in [2.75, 3.05) is 37.6 Å². The largest absolute Gasteiger partial charge is 0.477 e. The molecule has 0 aromatic carbocycles. The number of pyridine rings is 1. The van der Waals surface area contributed by atoms with E-state index < -0.39 is 16.6 Å². The van der Waals surface area contributed by atoms with Crippen molar-refractivity contribution in [1.29, 1.82) is 0 Å². The van der Waals surface area contributed by atoms with Gasteiger partial charge in [-0.05, 0) is 6.54 Å². The van der Waals surface area contributed by atoms with Gasteiger partial charge in [0.2, 0.25) is 0 Å². The van der Waals surface area contributed by atoms with Crippen LogP contribution in [0.15, 0.2) is 12.3 Å². The maximum absolute atomic E-state index is 11.1. The van der Waals surface area contributed by atoms with Crippen LogP contribution in [0, 0.1) is 10.1 Å². The third kappa shape index (κ3) is 2.85. The molecule has 2 heterocycles. The van der Waals surface area contributed by atoms with Crippen LogP contribution in [-0.2, 0) is 0 Å². The van der Waals surface area contributed by atoms with Gasteiger partial charge in [0.05, 0.1) is 4.92 Å². The molecule has 108 valence electrons. The van der Waals surface area contributed by atoms with Gasteiger partial charge in [0.25, 0.3) is 0 Å². The van der Waals surface area contributed by atoms with Crippen LogP contribution in [0.1, 0.15) is 17.3 Å². The van der Waals surface area contributed by atoms with E-state index in [9.17, 15) is 14.9 Å². The molecule has 8 heteroatoms. The van der Waals surface area contributed by atoms with Gasteiger partial charge in [-0.25, -0.2) is 9.78 Å². The fourth-order valence-electron chi connectivity index (χ4n) is 2.22. The molecule has 0 saturated carbocycles. The van der Waals surface area contributed by atoms with Gasteiger partial charge in [0, 0.05) is 32.2 Å². The standard InChI is InChI=1S/C12H16N4O4/c1-2-14-3-5-15(6-4-14)11-7-9(12(17)18)10(8-13-11)16(19)20/h7-8H,2-6H2,1H3,(H,17,18). The molecule has 1 aromatic rings. The average Bonchev–Trinajstić information content (AvgIpc) is 2.46. The van der Waals surface area contributed by atoms with E-state index in [2.05, 4.69) is 16.8 Å². The fraction of sp³-hybridized carbons (Fsp3) is 0.500. The van der Waals surface area contributed by atoms with Crippen LogP contribution in [0.3, 0.4) is 0 Å². The van der Waals surface area contributed by atoms with E-state index in [0.29, 0.717) is 5.82 Å². The summed E-state index contributed by atoms with van der Waals surface area (Å²) in [6, 6.07) is 1.28. The molecule has 1 fully saturated rings. The lowest BCUT2D eigenvalue weighted by atomic mass is 10.2. The SMILES string of the molecule is CCN1CCN(c2cc(C(=O)O)c([N+](=O)[O-])cn2)CC1. The lowest BCUT2D eigenvalue weighted by Crippen LogP contribution is -2.46. The lowest BCUT2D eigenvalue weighted by Gasteiger charge is -2.34. The molecule has 1 N–H and O–H groups in total. The van der Waals surface area contributed by atoms with E-state index in [-0.39, 0.29) is 5.56 Å². The Bertz CT molecular complexity index is 526. The number of hydrogen-bond acceptors (Lipinski definition) is 6. The van der Waals surface area contributed by atoms with Crippen LogP contribution in [0.4, 0.5) is 11.5 Å². The number of carbonyl (C=O) groups is 1. The van der Waals surface area contributed by atoms with Gasteiger partial charge in [-0.2, -0.15) is 0 Å². The number of carboxylic acid groups (broad SMARTS) is 1. The summed E-state index contributed by atoms with van der Waals surface area (Å²) in [7, 11) is 0. The quantitative estimate of drug-likeness (QED) is 0.644. The summed E-state index contributed by atoms with van der Waals surface area (Å²) >= 11 is 0. The molecule has 0 unspecified atom stereocenters. The Hall–Kier alpha value is -2.22. The first-order chi connectivity index (χ1) is 9.52. The molecule has 8 nitrogen and oxygen atoms in total. The predicted molar refractivity (Wildman–Crippen MR) is 72.2 cm³/mol. The van der Waals surface area contributed by atoms with Crippen LogP contribution < -0.4 is 4.90 Å². The van der Waals surface area contributed by atoms with Gasteiger partial charge >= 0.3 is 11.7 Å². The van der Waals surface area contributed by atoms with E-state index in [0.717, 1.165) is 38.9 Å². The normalized spacial score (nSPS) is 16.1. The zero-order chi connectivity index (χ0) is 14.7. The number of carboxylic acids is 1. The number of piperazine rings is 1. The van der Waals surface area contributed by atoms with E-state index in [4.69, 9.17) is 5.11 Å². The zero-order valence-corrected chi connectivity index (χ0v) is 11.2. The molecule has 0 radical (unpaired) electrons. The Balaban J connectivity index is 2.24. The molecule has 0 spiro atoms. The first-order valence-corrected chi connectivity index (χ1v) is 6.38. The molecule has 20 heavy (non-hydrogen) atoms. The first kappa shape index (κ1) is 14.2. The number of aromatic nitrogens is 1. The van der Waals surface area contributed by atoms with Gasteiger partial charge in [0.15, 0.2) is 0 Å². The fourth-order valence-corrected chi connectivity index (χ4v) is 2.22. The highest BCUT2D eigenvalue weighted by Crippen LogP contribution is 2.23. The Morgan fingerprint density at radius 3 is 2.60 bits per heavy atom. The molecule has 0 aliphatic carbocycles. The third-order valence-corrected chi connectivity index (χ3v) is 3.44. The van der Waals surface area contributed by atoms with Gasteiger partial charge in [-0.3, -0.25) is 10.1 Å². The predicted octanol–water partition coefficient (Wildman–Crippen LogP) is 0.830. The summed E-state index contributed by atoms with van der Waals surface area (Å²) < 4.78 is 0. The first-order valence-electron chi connectivity index (χ1n) is 6.38. The number of aromatic carboxylic acids is 1.